The second kappa shape index (κ2) is 4.22. The third-order valence-electron chi connectivity index (χ3n) is 2.47. The van der Waals surface area contributed by atoms with E-state index in [9.17, 15) is 4.79 Å². The van der Waals surface area contributed by atoms with Crippen molar-refractivity contribution in [1.29, 1.82) is 0 Å². The zero-order valence-corrected chi connectivity index (χ0v) is 10.7. The molecular formula is C12H12BrN2O+. The second-order valence-corrected chi connectivity index (χ2v) is 4.60. The van der Waals surface area contributed by atoms with E-state index >= 15 is 0 Å². The molecule has 0 unspecified atom stereocenters. The van der Waals surface area contributed by atoms with Crippen molar-refractivity contribution in [1.82, 2.24) is 4.57 Å². The van der Waals surface area contributed by atoms with Gasteiger partial charge in [0.1, 0.15) is 12.4 Å². The van der Waals surface area contributed by atoms with Crippen LogP contribution >= 0.6 is 15.9 Å². The first-order valence-electron chi connectivity index (χ1n) is 4.91. The molecule has 0 saturated carbocycles. The Balaban J connectivity index is 2.47. The fraction of sp³-hybridized carbons (Fsp3) is 0.167. The third kappa shape index (κ3) is 1.93. The number of rotatable bonds is 2. The van der Waals surface area contributed by atoms with E-state index in [1.165, 1.54) is 0 Å². The lowest BCUT2D eigenvalue weighted by Gasteiger charge is -1.99. The maximum atomic E-state index is 12.2. The molecular weight excluding hydrogens is 268 g/mol. The van der Waals surface area contributed by atoms with Crippen molar-refractivity contribution in [2.75, 3.05) is 0 Å². The van der Waals surface area contributed by atoms with Gasteiger partial charge in [-0.05, 0) is 12.1 Å². The monoisotopic (exact) mass is 279 g/mol. The van der Waals surface area contributed by atoms with Crippen molar-refractivity contribution in [3.63, 3.8) is 0 Å². The van der Waals surface area contributed by atoms with E-state index in [1.807, 2.05) is 59.9 Å². The number of ketones is 1. The maximum Gasteiger partial charge on any atom is 0.330 e. The normalized spacial score (nSPS) is 10.4. The minimum atomic E-state index is 0.0244. The van der Waals surface area contributed by atoms with E-state index in [2.05, 4.69) is 15.9 Å². The summed E-state index contributed by atoms with van der Waals surface area (Å²) in [4.78, 5) is 12.2. The molecule has 0 N–H and O–H groups in total. The number of nitrogens with zero attached hydrogens (tertiary/aromatic N) is 2. The standard InChI is InChI=1S/C12H12BrN2O/c1-14-6-7-15(2)12(14)11(16)9-4-3-5-10(13)8-9/h3-8H,1-2H3/q+1. The molecule has 0 bridgehead atoms. The van der Waals surface area contributed by atoms with Crippen LogP contribution in [0.5, 0.6) is 0 Å². The van der Waals surface area contributed by atoms with Crippen LogP contribution in [0.3, 0.4) is 0 Å². The first-order valence-corrected chi connectivity index (χ1v) is 5.70. The summed E-state index contributed by atoms with van der Waals surface area (Å²) in [6.45, 7) is 0. The van der Waals surface area contributed by atoms with Crippen molar-refractivity contribution < 1.29 is 9.36 Å². The van der Waals surface area contributed by atoms with E-state index < -0.39 is 0 Å². The molecule has 3 nitrogen and oxygen atoms in total. The molecule has 0 spiro atoms. The Kier molecular flexibility index (Phi) is 2.92. The van der Waals surface area contributed by atoms with Gasteiger partial charge in [-0.25, -0.2) is 9.13 Å². The van der Waals surface area contributed by atoms with Crippen molar-refractivity contribution in [2.45, 2.75) is 0 Å². The average Bonchev–Trinajstić information content (AvgIpc) is 2.58. The molecule has 1 aromatic carbocycles. The van der Waals surface area contributed by atoms with Crippen LogP contribution in [0.15, 0.2) is 41.1 Å². The minimum Gasteiger partial charge on any atom is -0.280 e. The first-order chi connectivity index (χ1) is 7.59. The highest BCUT2D eigenvalue weighted by atomic mass is 79.9. The molecule has 0 amide bonds. The van der Waals surface area contributed by atoms with Crippen molar-refractivity contribution in [2.24, 2.45) is 14.1 Å². The molecule has 0 atom stereocenters. The Morgan fingerprint density at radius 1 is 1.44 bits per heavy atom. The van der Waals surface area contributed by atoms with E-state index in [-0.39, 0.29) is 5.78 Å². The summed E-state index contributed by atoms with van der Waals surface area (Å²) in [7, 11) is 3.73. The lowest BCUT2D eigenvalue weighted by Crippen LogP contribution is -2.35. The number of aryl methyl sites for hydroxylation is 2. The fourth-order valence-corrected chi connectivity index (χ4v) is 2.07. The van der Waals surface area contributed by atoms with E-state index in [4.69, 9.17) is 0 Å². The lowest BCUT2D eigenvalue weighted by molar-refractivity contribution is -0.672. The molecule has 0 aliphatic heterocycles. The predicted molar refractivity (Wildman–Crippen MR) is 64.2 cm³/mol. The van der Waals surface area contributed by atoms with Gasteiger partial charge in [-0.2, -0.15) is 0 Å². The van der Waals surface area contributed by atoms with Crippen molar-refractivity contribution in [3.05, 3.63) is 52.5 Å². The molecule has 2 aromatic rings. The molecule has 0 aliphatic rings. The van der Waals surface area contributed by atoms with Crippen LogP contribution in [-0.2, 0) is 14.1 Å². The SMILES string of the molecule is Cn1cc[n+](C)c1C(=O)c1cccc(Br)c1. The van der Waals surface area contributed by atoms with Gasteiger partial charge >= 0.3 is 5.82 Å². The van der Waals surface area contributed by atoms with Gasteiger partial charge in [-0.3, -0.25) is 4.79 Å². The summed E-state index contributed by atoms with van der Waals surface area (Å²) in [5.74, 6) is 0.689. The highest BCUT2D eigenvalue weighted by Crippen LogP contribution is 2.13. The average molecular weight is 280 g/mol. The topological polar surface area (TPSA) is 25.9 Å². The van der Waals surface area contributed by atoms with Gasteiger partial charge in [0.2, 0.25) is 0 Å². The molecule has 0 fully saturated rings. The van der Waals surface area contributed by atoms with Gasteiger partial charge in [0.15, 0.2) is 0 Å². The number of hydrogen-bond acceptors (Lipinski definition) is 1. The van der Waals surface area contributed by atoms with Gasteiger partial charge in [0.25, 0.3) is 5.78 Å². The number of hydrogen-bond donors (Lipinski definition) is 0. The summed E-state index contributed by atoms with van der Waals surface area (Å²) in [6, 6.07) is 7.41. The largest absolute Gasteiger partial charge is 0.330 e. The molecule has 0 saturated heterocycles. The zero-order chi connectivity index (χ0) is 11.7. The number of halogens is 1. The number of carbonyl (C=O) groups is 1. The van der Waals surface area contributed by atoms with Gasteiger partial charge in [0.05, 0.1) is 14.1 Å². The zero-order valence-electron chi connectivity index (χ0n) is 9.14. The molecule has 16 heavy (non-hydrogen) atoms. The quantitative estimate of drug-likeness (QED) is 0.609. The van der Waals surface area contributed by atoms with Crippen LogP contribution in [0, 0.1) is 0 Å². The van der Waals surface area contributed by atoms with Crippen LogP contribution in [0.2, 0.25) is 0 Å². The Morgan fingerprint density at radius 2 is 2.19 bits per heavy atom. The van der Waals surface area contributed by atoms with E-state index in [1.54, 1.807) is 0 Å². The number of imidazole rings is 1. The first kappa shape index (κ1) is 11.1. The Morgan fingerprint density at radius 3 is 2.75 bits per heavy atom. The summed E-state index contributed by atoms with van der Waals surface area (Å²) >= 11 is 3.36. The van der Waals surface area contributed by atoms with Crippen molar-refractivity contribution in [3.8, 4) is 0 Å². The summed E-state index contributed by atoms with van der Waals surface area (Å²) < 4.78 is 4.56. The maximum absolute atomic E-state index is 12.2. The molecule has 1 aromatic heterocycles. The van der Waals surface area contributed by atoms with Crippen LogP contribution < -0.4 is 4.57 Å². The molecule has 0 radical (unpaired) electrons. The van der Waals surface area contributed by atoms with Gasteiger partial charge < -0.3 is 0 Å². The Hall–Kier alpha value is -1.42. The number of benzene rings is 1. The third-order valence-corrected chi connectivity index (χ3v) is 2.97. The lowest BCUT2D eigenvalue weighted by atomic mass is 10.1. The molecule has 2 rings (SSSR count). The molecule has 1 heterocycles. The minimum absolute atomic E-state index is 0.0244. The van der Waals surface area contributed by atoms with Crippen LogP contribution in [-0.4, -0.2) is 10.4 Å². The second-order valence-electron chi connectivity index (χ2n) is 3.68. The van der Waals surface area contributed by atoms with Crippen LogP contribution in [0.25, 0.3) is 0 Å². The fourth-order valence-electron chi connectivity index (χ4n) is 1.67. The number of aromatic nitrogens is 2. The predicted octanol–water partition coefficient (Wildman–Crippen LogP) is 1.84. The van der Waals surface area contributed by atoms with Crippen LogP contribution in [0.4, 0.5) is 0 Å². The van der Waals surface area contributed by atoms with Gasteiger partial charge in [-0.15, -0.1) is 0 Å². The van der Waals surface area contributed by atoms with Crippen molar-refractivity contribution >= 4 is 21.7 Å². The molecule has 0 aliphatic carbocycles. The number of carbonyl (C=O) groups excluding carboxylic acids is 1. The molecule has 4 heteroatoms. The smallest absolute Gasteiger partial charge is 0.280 e. The summed E-state index contributed by atoms with van der Waals surface area (Å²) in [6.07, 6.45) is 3.73. The Labute approximate surface area is 102 Å². The van der Waals surface area contributed by atoms with E-state index in [0.717, 1.165) is 4.47 Å². The summed E-state index contributed by atoms with van der Waals surface area (Å²) in [5, 5.41) is 0. The highest BCUT2D eigenvalue weighted by Gasteiger charge is 2.22. The highest BCUT2D eigenvalue weighted by molar-refractivity contribution is 9.10. The van der Waals surface area contributed by atoms with Gasteiger partial charge in [-0.1, -0.05) is 28.1 Å². The van der Waals surface area contributed by atoms with Gasteiger partial charge in [0, 0.05) is 10.0 Å². The van der Waals surface area contributed by atoms with Crippen LogP contribution in [0.1, 0.15) is 16.2 Å². The Bertz CT molecular complexity index is 526. The summed E-state index contributed by atoms with van der Waals surface area (Å²) in [5.41, 5.74) is 0.687. The van der Waals surface area contributed by atoms with E-state index in [0.29, 0.717) is 11.4 Å². The molecule has 82 valence electrons.